The Morgan fingerprint density at radius 2 is 2.50 bits per heavy atom. The number of fused-ring (bicyclic) bond motifs is 1. The van der Waals surface area contributed by atoms with Gasteiger partial charge in [0.25, 0.3) is 11.6 Å². The van der Waals surface area contributed by atoms with E-state index in [0.29, 0.717) is 0 Å². The van der Waals surface area contributed by atoms with Crippen LogP contribution in [0.1, 0.15) is 0 Å². The number of hydrogen-bond donors (Lipinski definition) is 4. The van der Waals surface area contributed by atoms with Gasteiger partial charge >= 0.3 is 0 Å². The number of hydrogen-bond acceptors (Lipinski definition) is 6. The van der Waals surface area contributed by atoms with Crippen molar-refractivity contribution in [1.82, 2.24) is 10.6 Å². The van der Waals surface area contributed by atoms with Gasteiger partial charge in [-0.25, -0.2) is 9.98 Å². The molecule has 2 aliphatic rings. The maximum Gasteiger partial charge on any atom is 0.284 e. The van der Waals surface area contributed by atoms with Crippen LogP contribution in [0.15, 0.2) is 9.98 Å². The van der Waals surface area contributed by atoms with Gasteiger partial charge in [-0.3, -0.25) is 10.1 Å². The van der Waals surface area contributed by atoms with E-state index in [9.17, 15) is 9.90 Å². The summed E-state index contributed by atoms with van der Waals surface area (Å²) in [6.45, 7) is 0. The van der Waals surface area contributed by atoms with Gasteiger partial charge in [0.05, 0.1) is 6.34 Å². The van der Waals surface area contributed by atoms with E-state index in [1.165, 1.54) is 6.34 Å². The molecule has 0 saturated heterocycles. The first-order valence-corrected chi connectivity index (χ1v) is 3.29. The maximum atomic E-state index is 11.1. The topological polar surface area (TPSA) is 112 Å². The summed E-state index contributed by atoms with van der Waals surface area (Å²) in [4.78, 5) is 18.6. The first kappa shape index (κ1) is 7.04. The predicted octanol–water partition coefficient (Wildman–Crippen LogP) is -2.92. The lowest BCUT2D eigenvalue weighted by Gasteiger charge is -2.28. The number of nitrogens with two attached hydrogens (primary N) is 1. The van der Waals surface area contributed by atoms with Crippen LogP contribution >= 0.6 is 0 Å². The van der Waals surface area contributed by atoms with Crippen molar-refractivity contribution in [1.29, 1.82) is 0 Å². The van der Waals surface area contributed by atoms with Gasteiger partial charge in [0, 0.05) is 0 Å². The number of aliphatic imine (C=N–C) groups is 2. The third-order valence-corrected chi connectivity index (χ3v) is 1.72. The third kappa shape index (κ3) is 0.706. The van der Waals surface area contributed by atoms with E-state index in [1.807, 2.05) is 0 Å². The molecule has 0 saturated carbocycles. The highest BCUT2D eigenvalue weighted by atomic mass is 16.3. The number of guanidine groups is 1. The molecular formula is C5H7N5O2. The van der Waals surface area contributed by atoms with Gasteiger partial charge in [-0.15, -0.1) is 0 Å². The van der Waals surface area contributed by atoms with Crippen molar-refractivity contribution in [3.63, 3.8) is 0 Å². The molecule has 0 fully saturated rings. The predicted molar refractivity (Wildman–Crippen MR) is 40.1 cm³/mol. The second kappa shape index (κ2) is 1.95. The van der Waals surface area contributed by atoms with Crippen molar-refractivity contribution < 1.29 is 9.90 Å². The highest BCUT2D eigenvalue weighted by molar-refractivity contribution is 6.04. The number of aliphatic hydroxyl groups is 1. The average molecular weight is 169 g/mol. The molecule has 2 aliphatic heterocycles. The molecule has 0 unspecified atom stereocenters. The van der Waals surface area contributed by atoms with Crippen molar-refractivity contribution >= 4 is 18.2 Å². The molecule has 0 aromatic heterocycles. The van der Waals surface area contributed by atoms with Crippen LogP contribution in [-0.4, -0.2) is 35.2 Å². The van der Waals surface area contributed by atoms with Crippen LogP contribution in [0.3, 0.4) is 0 Å². The van der Waals surface area contributed by atoms with Gasteiger partial charge in [-0.05, 0) is 0 Å². The van der Waals surface area contributed by atoms with Crippen molar-refractivity contribution in [3.8, 4) is 0 Å². The lowest BCUT2D eigenvalue weighted by molar-refractivity contribution is -0.141. The molecule has 2 rings (SSSR count). The largest absolute Gasteiger partial charge is 0.370 e. The number of nitrogens with zero attached hydrogens (tertiary/aromatic N) is 2. The van der Waals surface area contributed by atoms with Crippen molar-refractivity contribution in [3.05, 3.63) is 0 Å². The van der Waals surface area contributed by atoms with Gasteiger partial charge < -0.3 is 16.2 Å². The van der Waals surface area contributed by atoms with Crippen LogP contribution in [0.4, 0.5) is 0 Å². The molecule has 0 aromatic carbocycles. The molecule has 0 spiro atoms. The first-order valence-electron chi connectivity index (χ1n) is 3.29. The summed E-state index contributed by atoms with van der Waals surface area (Å²) in [7, 11) is 0. The Bertz CT molecular complexity index is 298. The van der Waals surface area contributed by atoms with Crippen LogP contribution in [0.25, 0.3) is 0 Å². The number of amides is 1. The minimum atomic E-state index is -1.76. The van der Waals surface area contributed by atoms with Gasteiger partial charge in [-0.1, -0.05) is 0 Å². The van der Waals surface area contributed by atoms with Gasteiger partial charge in [-0.2, -0.15) is 0 Å². The number of rotatable bonds is 0. The van der Waals surface area contributed by atoms with Crippen LogP contribution in [-0.2, 0) is 4.79 Å². The number of nitrogens with one attached hydrogen (secondary N) is 2. The van der Waals surface area contributed by atoms with Crippen molar-refractivity contribution in [2.24, 2.45) is 15.7 Å². The highest BCUT2D eigenvalue weighted by Crippen LogP contribution is 2.18. The zero-order valence-electron chi connectivity index (χ0n) is 5.98. The molecule has 7 nitrogen and oxygen atoms in total. The molecular weight excluding hydrogens is 162 g/mol. The van der Waals surface area contributed by atoms with Crippen LogP contribution < -0.4 is 16.4 Å². The summed E-state index contributed by atoms with van der Waals surface area (Å²) in [6.07, 6.45) is 0.359. The standard InChI is InChI=1S/C5H7N5O2/c6-4-9-2-5(12,3(11)10-4)8-1-7-2/h1-2,12H,(H,7,8)(H3,6,9,10,11)/t2-,5+/m0/s1. The Hall–Kier alpha value is -1.63. The van der Waals surface area contributed by atoms with Crippen LogP contribution in [0, 0.1) is 0 Å². The van der Waals surface area contributed by atoms with Crippen LogP contribution in [0.2, 0.25) is 0 Å². The van der Waals surface area contributed by atoms with Crippen molar-refractivity contribution in [2.45, 2.75) is 11.9 Å². The molecule has 64 valence electrons. The second-order valence-electron chi connectivity index (χ2n) is 2.53. The fraction of sp³-hybridized carbons (Fsp3) is 0.400. The van der Waals surface area contributed by atoms with E-state index < -0.39 is 17.8 Å². The molecule has 5 N–H and O–H groups in total. The van der Waals surface area contributed by atoms with Gasteiger partial charge in [0.15, 0.2) is 5.96 Å². The molecule has 7 heteroatoms. The summed E-state index contributed by atoms with van der Waals surface area (Å²) >= 11 is 0. The average Bonchev–Trinajstić information content (AvgIpc) is 2.33. The summed E-state index contributed by atoms with van der Waals surface area (Å²) in [5, 5.41) is 14.2. The fourth-order valence-electron chi connectivity index (χ4n) is 1.07. The third-order valence-electron chi connectivity index (χ3n) is 1.72. The fourth-order valence-corrected chi connectivity index (χ4v) is 1.07. The molecule has 2 heterocycles. The number of carbonyl (C=O) groups is 1. The lowest BCUT2D eigenvalue weighted by Crippen LogP contribution is -2.64. The molecule has 0 aromatic rings. The zero-order chi connectivity index (χ0) is 8.77. The Balaban J connectivity index is 2.41. The van der Waals surface area contributed by atoms with Crippen molar-refractivity contribution in [2.75, 3.05) is 0 Å². The quantitative estimate of drug-likeness (QED) is 0.311. The van der Waals surface area contributed by atoms with E-state index in [4.69, 9.17) is 5.73 Å². The SMILES string of the molecule is NC1=N[C@@H]2N=CN[C@]2(O)C(=O)N1. The van der Waals surface area contributed by atoms with Gasteiger partial charge in [0.2, 0.25) is 6.17 Å². The Morgan fingerprint density at radius 3 is 3.25 bits per heavy atom. The minimum Gasteiger partial charge on any atom is -0.370 e. The summed E-state index contributed by atoms with van der Waals surface area (Å²) in [5.41, 5.74) is 3.48. The lowest BCUT2D eigenvalue weighted by atomic mass is 10.1. The molecule has 0 aliphatic carbocycles. The molecule has 2 atom stereocenters. The first-order chi connectivity index (χ1) is 5.63. The van der Waals surface area contributed by atoms with E-state index in [0.717, 1.165) is 0 Å². The van der Waals surface area contributed by atoms with E-state index >= 15 is 0 Å². The Kier molecular flexibility index (Phi) is 1.14. The van der Waals surface area contributed by atoms with Gasteiger partial charge in [0.1, 0.15) is 0 Å². The molecule has 0 bridgehead atoms. The second-order valence-corrected chi connectivity index (χ2v) is 2.53. The summed E-state index contributed by atoms with van der Waals surface area (Å²) in [5.74, 6) is -0.673. The monoisotopic (exact) mass is 169 g/mol. The Morgan fingerprint density at radius 1 is 1.75 bits per heavy atom. The number of carbonyl (C=O) groups excluding carboxylic acids is 1. The Labute approximate surface area is 67.4 Å². The summed E-state index contributed by atoms with van der Waals surface area (Å²) in [6, 6.07) is 0. The van der Waals surface area contributed by atoms with E-state index in [2.05, 4.69) is 20.6 Å². The minimum absolute atomic E-state index is 0.0319. The van der Waals surface area contributed by atoms with E-state index in [1.54, 1.807) is 0 Å². The normalized spacial score (nSPS) is 38.2. The summed E-state index contributed by atoms with van der Waals surface area (Å²) < 4.78 is 0. The van der Waals surface area contributed by atoms with Crippen LogP contribution in [0.5, 0.6) is 0 Å². The molecule has 0 radical (unpaired) electrons. The molecule has 12 heavy (non-hydrogen) atoms. The molecule has 1 amide bonds. The highest BCUT2D eigenvalue weighted by Gasteiger charge is 2.49. The smallest absolute Gasteiger partial charge is 0.284 e. The van der Waals surface area contributed by atoms with E-state index in [-0.39, 0.29) is 5.96 Å². The maximum absolute atomic E-state index is 11.1. The zero-order valence-corrected chi connectivity index (χ0v) is 5.98.